The predicted octanol–water partition coefficient (Wildman–Crippen LogP) is 3.00. The van der Waals surface area contributed by atoms with Crippen molar-refractivity contribution in [3.05, 3.63) is 9.39 Å². The van der Waals surface area contributed by atoms with Gasteiger partial charge in [0.2, 0.25) is 0 Å². The third kappa shape index (κ3) is 5.02. The maximum Gasteiger partial charge on any atom is 0.404 e. The van der Waals surface area contributed by atoms with Crippen molar-refractivity contribution in [3.8, 4) is 0 Å². The average Bonchev–Trinajstić information content (AvgIpc) is 3.15. The molecule has 2 saturated heterocycles. The molecule has 4 heterocycles. The number of rotatable bonds is 8. The van der Waals surface area contributed by atoms with Gasteiger partial charge in [0.15, 0.2) is 15.2 Å². The summed E-state index contributed by atoms with van der Waals surface area (Å²) in [5.41, 5.74) is 1.86. The second-order valence-electron chi connectivity index (χ2n) is 9.87. The number of anilines is 1. The fourth-order valence-electron chi connectivity index (χ4n) is 4.72. The molecule has 176 valence electrons. The first-order chi connectivity index (χ1) is 15.2. The Labute approximate surface area is 201 Å². The summed E-state index contributed by atoms with van der Waals surface area (Å²) in [6.45, 7) is 7.75. The minimum atomic E-state index is -1.17. The molecule has 32 heavy (non-hydrogen) atoms. The predicted molar refractivity (Wildman–Crippen MR) is 132 cm³/mol. The standard InChI is InChI=1S/C20H31IN6O4Si/c1-32(2,3)7-6-31-11-26-19-16(17(21)25-26)23-15(10-28)18(24-19)27-13-4-5-14(27)9-12(8-13)22-20(29)30/h12-14,22,28H,4-11H2,1-3H3,(H,29,30). The number of amides is 1. The number of piperidine rings is 1. The number of ether oxygens (including phenoxy) is 1. The number of aromatic nitrogens is 4. The summed E-state index contributed by atoms with van der Waals surface area (Å²) in [6.07, 6.45) is 2.43. The van der Waals surface area contributed by atoms with E-state index in [0.29, 0.717) is 36.0 Å². The van der Waals surface area contributed by atoms with Crippen LogP contribution in [0.1, 0.15) is 31.4 Å². The summed E-state index contributed by atoms with van der Waals surface area (Å²) in [5, 5.41) is 26.4. The molecule has 0 spiro atoms. The monoisotopic (exact) mass is 574 g/mol. The number of aliphatic hydroxyl groups excluding tert-OH is 1. The molecule has 0 radical (unpaired) electrons. The molecule has 0 saturated carbocycles. The number of fused-ring (bicyclic) bond motifs is 3. The number of aliphatic hydroxyl groups is 1. The van der Waals surface area contributed by atoms with Crippen molar-refractivity contribution < 1.29 is 19.7 Å². The van der Waals surface area contributed by atoms with Crippen molar-refractivity contribution in [3.63, 3.8) is 0 Å². The average molecular weight is 574 g/mol. The van der Waals surface area contributed by atoms with E-state index in [9.17, 15) is 9.90 Å². The first-order valence-electron chi connectivity index (χ1n) is 11.1. The van der Waals surface area contributed by atoms with E-state index in [1.165, 1.54) is 0 Å². The van der Waals surface area contributed by atoms with E-state index in [1.807, 2.05) is 0 Å². The summed E-state index contributed by atoms with van der Waals surface area (Å²) in [6, 6.07) is 1.37. The molecule has 1 amide bonds. The van der Waals surface area contributed by atoms with Crippen molar-refractivity contribution in [2.45, 2.75) is 82.8 Å². The molecule has 12 heteroatoms. The second-order valence-corrected chi connectivity index (χ2v) is 16.5. The van der Waals surface area contributed by atoms with Crippen molar-refractivity contribution in [2.24, 2.45) is 0 Å². The largest absolute Gasteiger partial charge is 0.465 e. The number of hydrogen-bond donors (Lipinski definition) is 3. The van der Waals surface area contributed by atoms with Gasteiger partial charge in [-0.1, -0.05) is 19.6 Å². The summed E-state index contributed by atoms with van der Waals surface area (Å²) in [5.74, 6) is 0.681. The van der Waals surface area contributed by atoms with E-state index in [4.69, 9.17) is 19.8 Å². The van der Waals surface area contributed by atoms with Crippen LogP contribution in [0.15, 0.2) is 0 Å². The molecule has 2 bridgehead atoms. The van der Waals surface area contributed by atoms with Gasteiger partial charge in [-0.3, -0.25) is 0 Å². The Morgan fingerprint density at radius 1 is 1.25 bits per heavy atom. The molecular weight excluding hydrogens is 543 g/mol. The lowest BCUT2D eigenvalue weighted by atomic mass is 9.97. The highest BCUT2D eigenvalue weighted by atomic mass is 127. The molecule has 10 nitrogen and oxygen atoms in total. The summed E-state index contributed by atoms with van der Waals surface area (Å²) in [7, 11) is -1.17. The van der Waals surface area contributed by atoms with Crippen molar-refractivity contribution in [2.75, 3.05) is 11.5 Å². The second kappa shape index (κ2) is 9.39. The number of nitrogens with zero attached hydrogens (tertiary/aromatic N) is 5. The van der Waals surface area contributed by atoms with Gasteiger partial charge in [0.1, 0.15) is 17.9 Å². The minimum absolute atomic E-state index is 0.0539. The van der Waals surface area contributed by atoms with Crippen LogP contribution in [-0.4, -0.2) is 68.9 Å². The molecule has 2 atom stereocenters. The number of halogens is 1. The molecule has 2 aromatic rings. The first-order valence-corrected chi connectivity index (χ1v) is 15.8. The zero-order valence-corrected chi connectivity index (χ0v) is 21.9. The lowest BCUT2D eigenvalue weighted by molar-refractivity contribution is 0.0810. The first kappa shape index (κ1) is 23.6. The van der Waals surface area contributed by atoms with E-state index in [0.717, 1.165) is 35.4 Å². The fourth-order valence-corrected chi connectivity index (χ4v) is 6.10. The van der Waals surface area contributed by atoms with Crippen molar-refractivity contribution in [1.29, 1.82) is 0 Å². The molecule has 0 aliphatic carbocycles. The third-order valence-corrected chi connectivity index (χ3v) is 8.67. The zero-order chi connectivity index (χ0) is 23.0. The number of carboxylic acid groups (broad SMARTS) is 1. The highest BCUT2D eigenvalue weighted by Crippen LogP contribution is 2.40. The lowest BCUT2D eigenvalue weighted by Crippen LogP contribution is -2.51. The van der Waals surface area contributed by atoms with Crippen LogP contribution in [-0.2, 0) is 18.1 Å². The van der Waals surface area contributed by atoms with Crippen LogP contribution in [0.2, 0.25) is 25.7 Å². The highest BCUT2D eigenvalue weighted by molar-refractivity contribution is 14.1. The lowest BCUT2D eigenvalue weighted by Gasteiger charge is -2.40. The van der Waals surface area contributed by atoms with Gasteiger partial charge in [-0.25, -0.2) is 19.4 Å². The molecule has 4 rings (SSSR count). The molecule has 2 fully saturated rings. The normalized spacial score (nSPS) is 23.2. The van der Waals surface area contributed by atoms with Crippen LogP contribution < -0.4 is 10.2 Å². The Bertz CT molecular complexity index is 983. The Kier molecular flexibility index (Phi) is 6.93. The van der Waals surface area contributed by atoms with E-state index in [-0.39, 0.29) is 24.7 Å². The Hall–Kier alpha value is -1.51. The fraction of sp³-hybridized carbons (Fsp3) is 0.700. The summed E-state index contributed by atoms with van der Waals surface area (Å²) in [4.78, 5) is 23.0. The van der Waals surface area contributed by atoms with E-state index in [1.54, 1.807) is 4.68 Å². The van der Waals surface area contributed by atoms with Gasteiger partial charge in [0, 0.05) is 32.8 Å². The highest BCUT2D eigenvalue weighted by Gasteiger charge is 2.43. The summed E-state index contributed by atoms with van der Waals surface area (Å²) >= 11 is 2.14. The number of nitrogens with one attached hydrogen (secondary N) is 1. The van der Waals surface area contributed by atoms with Crippen molar-refractivity contribution >= 4 is 53.7 Å². The van der Waals surface area contributed by atoms with E-state index >= 15 is 0 Å². The molecule has 3 N–H and O–H groups in total. The Morgan fingerprint density at radius 2 is 1.94 bits per heavy atom. The van der Waals surface area contributed by atoms with Gasteiger partial charge in [0.25, 0.3) is 0 Å². The Morgan fingerprint density at radius 3 is 2.53 bits per heavy atom. The topological polar surface area (TPSA) is 126 Å². The number of carbonyl (C=O) groups is 1. The van der Waals surface area contributed by atoms with E-state index < -0.39 is 14.2 Å². The molecular formula is C20H31IN6O4Si. The quantitative estimate of drug-likeness (QED) is 0.250. The van der Waals surface area contributed by atoms with Crippen LogP contribution in [0.5, 0.6) is 0 Å². The molecule has 2 unspecified atom stereocenters. The smallest absolute Gasteiger partial charge is 0.404 e. The van der Waals surface area contributed by atoms with Crippen LogP contribution in [0.3, 0.4) is 0 Å². The maximum atomic E-state index is 11.1. The van der Waals surface area contributed by atoms with Crippen LogP contribution in [0, 0.1) is 3.70 Å². The van der Waals surface area contributed by atoms with Crippen LogP contribution in [0.25, 0.3) is 11.2 Å². The van der Waals surface area contributed by atoms with Gasteiger partial charge in [-0.2, -0.15) is 5.10 Å². The van der Waals surface area contributed by atoms with Gasteiger partial charge < -0.3 is 25.2 Å². The van der Waals surface area contributed by atoms with Gasteiger partial charge in [-0.05, 0) is 54.3 Å². The molecule has 2 aliphatic rings. The van der Waals surface area contributed by atoms with Crippen molar-refractivity contribution in [1.82, 2.24) is 25.1 Å². The molecule has 0 aromatic carbocycles. The van der Waals surface area contributed by atoms with Gasteiger partial charge >= 0.3 is 6.09 Å². The molecule has 2 aliphatic heterocycles. The third-order valence-electron chi connectivity index (χ3n) is 6.24. The Balaban J connectivity index is 1.60. The van der Waals surface area contributed by atoms with Crippen LogP contribution >= 0.6 is 22.6 Å². The SMILES string of the molecule is C[Si](C)(C)CCOCn1nc(I)c2nc(CO)c(N3C4CCC3CC(NC(=O)O)C4)nc21. The molecule has 2 aromatic heterocycles. The van der Waals surface area contributed by atoms with E-state index in [2.05, 4.69) is 57.5 Å². The van der Waals surface area contributed by atoms with Gasteiger partial charge in [-0.15, -0.1) is 0 Å². The van der Waals surface area contributed by atoms with Gasteiger partial charge in [0.05, 0.1) is 6.61 Å². The number of hydrogen-bond acceptors (Lipinski definition) is 7. The zero-order valence-electron chi connectivity index (χ0n) is 18.7. The minimum Gasteiger partial charge on any atom is -0.465 e. The van der Waals surface area contributed by atoms with Crippen LogP contribution in [0.4, 0.5) is 10.6 Å². The summed E-state index contributed by atoms with van der Waals surface area (Å²) < 4.78 is 8.38. The maximum absolute atomic E-state index is 11.1.